The lowest BCUT2D eigenvalue weighted by Crippen LogP contribution is -2.68. The van der Waals surface area contributed by atoms with E-state index in [1.54, 1.807) is 0 Å². The molecular weight excluding hydrogens is 689 g/mol. The zero-order valence-electron chi connectivity index (χ0n) is 35.5. The normalized spacial score (nSPS) is 36.0. The highest BCUT2D eigenvalue weighted by atomic mass is 16.5. The van der Waals surface area contributed by atoms with Gasteiger partial charge in [0.1, 0.15) is 0 Å². The van der Waals surface area contributed by atoms with Crippen molar-refractivity contribution < 1.29 is 28.6 Å². The molecule has 1 aromatic rings. The van der Waals surface area contributed by atoms with Crippen LogP contribution in [0.3, 0.4) is 0 Å². The Morgan fingerprint density at radius 3 is 2.04 bits per heavy atom. The van der Waals surface area contributed by atoms with Crippen molar-refractivity contribution in [3.05, 3.63) is 53.6 Å². The molecule has 8 nitrogen and oxygen atoms in total. The van der Waals surface area contributed by atoms with Gasteiger partial charge in [0.25, 0.3) is 0 Å². The van der Waals surface area contributed by atoms with Crippen LogP contribution >= 0.6 is 0 Å². The maximum absolute atomic E-state index is 12.2. The second kappa shape index (κ2) is 15.8. The standard InChI is InChI=1S/C47H70N2O6/c1-31(2)34-17-24-47(48-27-30-49(28-20-39(50)53-8)29-21-40(51)54-9)26-25-45(6)36(41(34)47)15-16-38-44(5)22-18-35(32-11-13-33(14-12-32)42(52)55-10)43(3,4)37(44)19-23-46(38,45)7/h11-14,18,34,36-38,41,48H,1,15-17,19-30H2,2-10H3/t34-,36+,37-,38+,41+,44-,45+,46+,47-/m0/s1. The lowest BCUT2D eigenvalue weighted by Gasteiger charge is -2.72. The predicted octanol–water partition coefficient (Wildman–Crippen LogP) is 8.89. The summed E-state index contributed by atoms with van der Waals surface area (Å²) in [5.74, 6) is 2.19. The summed E-state index contributed by atoms with van der Waals surface area (Å²) in [5.41, 5.74) is 5.37. The second-order valence-electron chi connectivity index (χ2n) is 19.4. The van der Waals surface area contributed by atoms with Gasteiger partial charge in [-0.3, -0.25) is 9.59 Å². The summed E-state index contributed by atoms with van der Waals surface area (Å²) in [6.07, 6.45) is 14.1. The van der Waals surface area contributed by atoms with Crippen LogP contribution in [-0.4, -0.2) is 75.9 Å². The van der Waals surface area contributed by atoms with Crippen LogP contribution in [0.4, 0.5) is 0 Å². The molecule has 8 heteroatoms. The molecule has 6 rings (SSSR count). The molecule has 0 amide bonds. The van der Waals surface area contributed by atoms with Gasteiger partial charge in [-0.1, -0.05) is 65.0 Å². The Hall–Kier alpha value is -2.97. The molecule has 304 valence electrons. The summed E-state index contributed by atoms with van der Waals surface area (Å²) >= 11 is 0. The van der Waals surface area contributed by atoms with Gasteiger partial charge >= 0.3 is 17.9 Å². The number of hydrogen-bond donors (Lipinski definition) is 1. The van der Waals surface area contributed by atoms with Crippen LogP contribution < -0.4 is 5.32 Å². The van der Waals surface area contributed by atoms with Crippen molar-refractivity contribution in [2.45, 2.75) is 118 Å². The number of allylic oxidation sites excluding steroid dienone is 3. The van der Waals surface area contributed by atoms with Gasteiger partial charge in [0, 0.05) is 31.7 Å². The molecule has 0 aliphatic heterocycles. The molecule has 0 aromatic heterocycles. The van der Waals surface area contributed by atoms with Crippen molar-refractivity contribution in [3.63, 3.8) is 0 Å². The molecule has 0 unspecified atom stereocenters. The lowest BCUT2D eigenvalue weighted by atomic mass is 9.33. The molecule has 55 heavy (non-hydrogen) atoms. The van der Waals surface area contributed by atoms with E-state index in [0.29, 0.717) is 61.1 Å². The smallest absolute Gasteiger partial charge is 0.337 e. The fraction of sp³-hybridized carbons (Fsp3) is 0.723. The van der Waals surface area contributed by atoms with Gasteiger partial charge < -0.3 is 24.4 Å². The Morgan fingerprint density at radius 1 is 0.782 bits per heavy atom. The summed E-state index contributed by atoms with van der Waals surface area (Å²) in [6, 6.07) is 8.06. The second-order valence-corrected chi connectivity index (χ2v) is 19.4. The zero-order valence-corrected chi connectivity index (χ0v) is 35.5. The lowest BCUT2D eigenvalue weighted by molar-refractivity contribution is -0.219. The minimum atomic E-state index is -0.291. The minimum absolute atomic E-state index is 0.0165. The molecule has 5 aliphatic carbocycles. The van der Waals surface area contributed by atoms with E-state index in [-0.39, 0.29) is 45.1 Å². The Bertz CT molecular complexity index is 1630. The first kappa shape index (κ1) is 41.7. The summed E-state index contributed by atoms with van der Waals surface area (Å²) in [5, 5.41) is 4.20. The Balaban J connectivity index is 1.23. The highest BCUT2D eigenvalue weighted by Gasteiger charge is 2.70. The number of benzene rings is 1. The maximum Gasteiger partial charge on any atom is 0.337 e. The van der Waals surface area contributed by atoms with E-state index in [4.69, 9.17) is 14.2 Å². The van der Waals surface area contributed by atoms with E-state index in [9.17, 15) is 14.4 Å². The number of esters is 3. The van der Waals surface area contributed by atoms with Crippen molar-refractivity contribution >= 4 is 23.5 Å². The largest absolute Gasteiger partial charge is 0.469 e. The third-order valence-corrected chi connectivity index (χ3v) is 16.9. The third kappa shape index (κ3) is 7.15. The number of carbonyl (C=O) groups excluding carboxylic acids is 3. The van der Waals surface area contributed by atoms with Gasteiger partial charge in [-0.25, -0.2) is 4.79 Å². The number of methoxy groups -OCH3 is 3. The summed E-state index contributed by atoms with van der Waals surface area (Å²) < 4.78 is 14.8. The van der Waals surface area contributed by atoms with E-state index in [1.165, 1.54) is 89.4 Å². The molecule has 4 saturated carbocycles. The highest BCUT2D eigenvalue weighted by molar-refractivity contribution is 5.90. The molecule has 1 aromatic carbocycles. The van der Waals surface area contributed by atoms with Crippen LogP contribution in [0.5, 0.6) is 0 Å². The summed E-state index contributed by atoms with van der Waals surface area (Å²) in [4.78, 5) is 38.4. The monoisotopic (exact) mass is 759 g/mol. The fourth-order valence-electron chi connectivity index (χ4n) is 14.0. The molecule has 1 N–H and O–H groups in total. The van der Waals surface area contributed by atoms with Crippen LogP contribution in [0.1, 0.15) is 128 Å². The van der Waals surface area contributed by atoms with E-state index < -0.39 is 0 Å². The molecular formula is C47H70N2O6. The Morgan fingerprint density at radius 2 is 1.44 bits per heavy atom. The van der Waals surface area contributed by atoms with Gasteiger partial charge in [0.05, 0.1) is 39.7 Å². The van der Waals surface area contributed by atoms with E-state index in [1.807, 2.05) is 12.1 Å². The average Bonchev–Trinajstić information content (AvgIpc) is 3.55. The number of rotatable bonds is 13. The van der Waals surface area contributed by atoms with Crippen molar-refractivity contribution in [2.24, 2.45) is 51.2 Å². The van der Waals surface area contributed by atoms with E-state index >= 15 is 0 Å². The van der Waals surface area contributed by atoms with Gasteiger partial charge in [-0.15, -0.1) is 0 Å². The summed E-state index contributed by atoms with van der Waals surface area (Å²) in [7, 11) is 4.29. The highest BCUT2D eigenvalue weighted by Crippen LogP contribution is 2.76. The predicted molar refractivity (Wildman–Crippen MR) is 218 cm³/mol. The van der Waals surface area contributed by atoms with Crippen LogP contribution in [0.2, 0.25) is 0 Å². The zero-order chi connectivity index (χ0) is 40.0. The molecule has 0 bridgehead atoms. The van der Waals surface area contributed by atoms with Crippen molar-refractivity contribution in [3.8, 4) is 0 Å². The van der Waals surface area contributed by atoms with Crippen LogP contribution in [0, 0.1) is 51.2 Å². The van der Waals surface area contributed by atoms with Gasteiger partial charge in [0.2, 0.25) is 0 Å². The number of nitrogens with zero attached hydrogens (tertiary/aromatic N) is 1. The number of nitrogens with one attached hydrogen (secondary N) is 1. The van der Waals surface area contributed by atoms with E-state index in [0.717, 1.165) is 19.5 Å². The van der Waals surface area contributed by atoms with Crippen LogP contribution in [0.15, 0.2) is 42.5 Å². The maximum atomic E-state index is 12.2. The van der Waals surface area contributed by atoms with Crippen LogP contribution in [-0.2, 0) is 23.8 Å². The Labute approximate surface area is 331 Å². The van der Waals surface area contributed by atoms with Crippen molar-refractivity contribution in [1.82, 2.24) is 10.2 Å². The average molecular weight is 759 g/mol. The van der Waals surface area contributed by atoms with Crippen molar-refractivity contribution in [1.29, 1.82) is 0 Å². The first-order valence-electron chi connectivity index (χ1n) is 21.2. The Kier molecular flexibility index (Phi) is 11.9. The number of carbonyl (C=O) groups is 3. The van der Waals surface area contributed by atoms with Crippen molar-refractivity contribution in [2.75, 3.05) is 47.5 Å². The van der Waals surface area contributed by atoms with E-state index in [2.05, 4.69) is 76.5 Å². The molecule has 0 spiro atoms. The first-order chi connectivity index (χ1) is 26.0. The molecule has 9 atom stereocenters. The molecule has 0 heterocycles. The van der Waals surface area contributed by atoms with Crippen LogP contribution in [0.25, 0.3) is 5.57 Å². The summed E-state index contributed by atoms with van der Waals surface area (Å²) in [6.45, 7) is 22.6. The van der Waals surface area contributed by atoms with Gasteiger partial charge in [-0.05, 0) is 139 Å². The SMILES string of the molecule is C=C(C)[C@@H]1CC[C@]2(NCCN(CCC(=O)OC)CCC(=O)OC)CC[C@]3(C)[C@H](CC[C@@H]4[C@@]5(C)CC=C(c6ccc(C(=O)OC)cc6)C(C)(C)[C@@H]5CC[C@]43C)[C@@H]12. The first-order valence-corrected chi connectivity index (χ1v) is 21.2. The quantitative estimate of drug-likeness (QED) is 0.121. The van der Waals surface area contributed by atoms with Gasteiger partial charge in [-0.2, -0.15) is 0 Å². The minimum Gasteiger partial charge on any atom is -0.469 e. The molecule has 0 saturated heterocycles. The molecule has 4 fully saturated rings. The third-order valence-electron chi connectivity index (χ3n) is 16.9. The number of fused-ring (bicyclic) bond motifs is 7. The number of ether oxygens (including phenoxy) is 3. The molecule has 5 aliphatic rings. The topological polar surface area (TPSA) is 94.2 Å². The van der Waals surface area contributed by atoms with Gasteiger partial charge in [0.15, 0.2) is 0 Å². The fourth-order valence-corrected chi connectivity index (χ4v) is 14.0. The number of hydrogen-bond acceptors (Lipinski definition) is 8. The molecule has 0 radical (unpaired) electrons.